The smallest absolute Gasteiger partial charge is 0.341 e. The van der Waals surface area contributed by atoms with Gasteiger partial charge in [-0.15, -0.1) is 11.3 Å². The van der Waals surface area contributed by atoms with E-state index in [2.05, 4.69) is 10.6 Å². The van der Waals surface area contributed by atoms with Gasteiger partial charge in [0.25, 0.3) is 11.8 Å². The highest BCUT2D eigenvalue weighted by Gasteiger charge is 2.27. The fourth-order valence-corrected chi connectivity index (χ4v) is 3.89. The number of anilines is 2. The SMILES string of the molecule is COC(=O)c1c(NC(=O)c2ccco2)sc(C(=O)Nc2cccc(C)c2C)c1C. The van der Waals surface area contributed by atoms with E-state index in [1.165, 1.54) is 19.4 Å². The van der Waals surface area contributed by atoms with Gasteiger partial charge in [-0.2, -0.15) is 0 Å². The van der Waals surface area contributed by atoms with Crippen LogP contribution in [0.2, 0.25) is 0 Å². The Morgan fingerprint density at radius 3 is 2.38 bits per heavy atom. The lowest BCUT2D eigenvalue weighted by atomic mass is 10.1. The summed E-state index contributed by atoms with van der Waals surface area (Å²) < 4.78 is 9.92. The number of hydrogen-bond donors (Lipinski definition) is 2. The fourth-order valence-electron chi connectivity index (χ4n) is 2.80. The van der Waals surface area contributed by atoms with E-state index < -0.39 is 11.9 Å². The Morgan fingerprint density at radius 2 is 1.72 bits per heavy atom. The molecule has 1 aromatic carbocycles. The summed E-state index contributed by atoms with van der Waals surface area (Å²) in [5, 5.41) is 5.73. The highest BCUT2D eigenvalue weighted by molar-refractivity contribution is 7.19. The molecule has 0 fully saturated rings. The fraction of sp³-hybridized carbons (Fsp3) is 0.190. The Labute approximate surface area is 171 Å². The molecule has 0 saturated carbocycles. The monoisotopic (exact) mass is 412 g/mol. The summed E-state index contributed by atoms with van der Waals surface area (Å²) in [5.41, 5.74) is 3.26. The van der Waals surface area contributed by atoms with Crippen LogP contribution in [0.15, 0.2) is 41.0 Å². The van der Waals surface area contributed by atoms with Gasteiger partial charge in [-0.05, 0) is 55.7 Å². The molecule has 0 saturated heterocycles. The molecule has 0 aliphatic heterocycles. The number of rotatable bonds is 5. The van der Waals surface area contributed by atoms with Crippen molar-refractivity contribution in [2.45, 2.75) is 20.8 Å². The van der Waals surface area contributed by atoms with E-state index in [1.54, 1.807) is 13.0 Å². The molecule has 0 atom stereocenters. The lowest BCUT2D eigenvalue weighted by Gasteiger charge is -2.10. The van der Waals surface area contributed by atoms with E-state index in [9.17, 15) is 14.4 Å². The number of methoxy groups -OCH3 is 1. The van der Waals surface area contributed by atoms with Crippen molar-refractivity contribution in [3.63, 3.8) is 0 Å². The van der Waals surface area contributed by atoms with Gasteiger partial charge in [0.1, 0.15) is 5.00 Å². The van der Waals surface area contributed by atoms with Crippen LogP contribution in [-0.2, 0) is 4.74 Å². The average molecular weight is 412 g/mol. The van der Waals surface area contributed by atoms with Gasteiger partial charge >= 0.3 is 5.97 Å². The minimum Gasteiger partial charge on any atom is -0.465 e. The second kappa shape index (κ2) is 8.32. The molecule has 3 aromatic rings. The van der Waals surface area contributed by atoms with Gasteiger partial charge in [-0.3, -0.25) is 9.59 Å². The van der Waals surface area contributed by atoms with Crippen LogP contribution in [0.25, 0.3) is 0 Å². The van der Waals surface area contributed by atoms with Crippen molar-refractivity contribution >= 4 is 39.8 Å². The molecule has 150 valence electrons. The first-order valence-electron chi connectivity index (χ1n) is 8.77. The molecule has 7 nitrogen and oxygen atoms in total. The number of furan rings is 1. The molecule has 2 amide bonds. The van der Waals surface area contributed by atoms with Crippen LogP contribution >= 0.6 is 11.3 Å². The van der Waals surface area contributed by atoms with E-state index in [4.69, 9.17) is 9.15 Å². The first-order chi connectivity index (χ1) is 13.8. The van der Waals surface area contributed by atoms with Crippen LogP contribution in [-0.4, -0.2) is 24.9 Å². The first-order valence-corrected chi connectivity index (χ1v) is 9.59. The third-order valence-corrected chi connectivity index (χ3v) is 5.77. The summed E-state index contributed by atoms with van der Waals surface area (Å²) in [6, 6.07) is 8.71. The first kappa shape index (κ1) is 20.3. The topological polar surface area (TPSA) is 97.6 Å². The molecule has 2 N–H and O–H groups in total. The van der Waals surface area contributed by atoms with Crippen molar-refractivity contribution in [1.29, 1.82) is 0 Å². The molecule has 2 heterocycles. The van der Waals surface area contributed by atoms with Gasteiger partial charge in [0.2, 0.25) is 0 Å². The van der Waals surface area contributed by atoms with Crippen molar-refractivity contribution in [2.75, 3.05) is 17.7 Å². The number of esters is 1. The normalized spacial score (nSPS) is 10.5. The van der Waals surface area contributed by atoms with Crippen molar-refractivity contribution in [3.8, 4) is 0 Å². The summed E-state index contributed by atoms with van der Waals surface area (Å²) in [6.45, 7) is 5.52. The van der Waals surface area contributed by atoms with Crippen molar-refractivity contribution in [3.05, 3.63) is 69.5 Å². The molecule has 0 aliphatic carbocycles. The number of thiophene rings is 1. The minimum atomic E-state index is -0.640. The summed E-state index contributed by atoms with van der Waals surface area (Å²) in [6.07, 6.45) is 1.37. The second-order valence-electron chi connectivity index (χ2n) is 6.38. The maximum Gasteiger partial charge on any atom is 0.341 e. The van der Waals surface area contributed by atoms with E-state index in [1.807, 2.05) is 32.0 Å². The van der Waals surface area contributed by atoms with Gasteiger partial charge in [0, 0.05) is 5.69 Å². The number of amides is 2. The van der Waals surface area contributed by atoms with Gasteiger partial charge in [0.15, 0.2) is 5.76 Å². The number of ether oxygens (including phenoxy) is 1. The average Bonchev–Trinajstić information content (AvgIpc) is 3.33. The second-order valence-corrected chi connectivity index (χ2v) is 7.41. The molecule has 0 aliphatic rings. The Hall–Kier alpha value is -3.39. The minimum absolute atomic E-state index is 0.0910. The molecule has 8 heteroatoms. The Morgan fingerprint density at radius 1 is 0.966 bits per heavy atom. The van der Waals surface area contributed by atoms with Gasteiger partial charge in [0.05, 0.1) is 23.8 Å². The summed E-state index contributed by atoms with van der Waals surface area (Å²) in [4.78, 5) is 37.9. The zero-order chi connectivity index (χ0) is 21.1. The van der Waals surface area contributed by atoms with Gasteiger partial charge in [-0.1, -0.05) is 12.1 Å². The maximum absolute atomic E-state index is 12.9. The predicted molar refractivity (Wildman–Crippen MR) is 111 cm³/mol. The Bertz CT molecular complexity index is 1080. The van der Waals surface area contributed by atoms with Crippen molar-refractivity contribution in [2.24, 2.45) is 0 Å². The summed E-state index contributed by atoms with van der Waals surface area (Å²) in [5.74, 6) is -1.44. The highest BCUT2D eigenvalue weighted by atomic mass is 32.1. The zero-order valence-corrected chi connectivity index (χ0v) is 17.2. The molecule has 0 spiro atoms. The number of benzene rings is 1. The van der Waals surface area contributed by atoms with Crippen LogP contribution in [0.3, 0.4) is 0 Å². The molecular formula is C21H20N2O5S. The zero-order valence-electron chi connectivity index (χ0n) is 16.4. The van der Waals surface area contributed by atoms with E-state index >= 15 is 0 Å². The van der Waals surface area contributed by atoms with Crippen LogP contribution < -0.4 is 10.6 Å². The molecule has 0 bridgehead atoms. The van der Waals surface area contributed by atoms with E-state index in [-0.39, 0.29) is 22.2 Å². The molecule has 0 unspecified atom stereocenters. The van der Waals surface area contributed by atoms with E-state index in [0.29, 0.717) is 16.1 Å². The highest BCUT2D eigenvalue weighted by Crippen LogP contribution is 2.35. The largest absolute Gasteiger partial charge is 0.465 e. The van der Waals surface area contributed by atoms with Gasteiger partial charge < -0.3 is 19.8 Å². The number of carbonyl (C=O) groups excluding carboxylic acids is 3. The standard InChI is InChI=1S/C21H20N2O5S/c1-11-7-5-8-14(12(11)2)22-19(25)17-13(3)16(21(26)27-4)20(29-17)23-18(24)15-9-6-10-28-15/h5-10H,1-4H3,(H,22,25)(H,23,24). The summed E-state index contributed by atoms with van der Waals surface area (Å²) in [7, 11) is 1.24. The van der Waals surface area contributed by atoms with E-state index in [0.717, 1.165) is 22.5 Å². The van der Waals surface area contributed by atoms with Crippen LogP contribution in [0.5, 0.6) is 0 Å². The van der Waals surface area contributed by atoms with Crippen molar-refractivity contribution < 1.29 is 23.5 Å². The molecule has 29 heavy (non-hydrogen) atoms. The van der Waals surface area contributed by atoms with Crippen LogP contribution in [0, 0.1) is 20.8 Å². The van der Waals surface area contributed by atoms with Crippen molar-refractivity contribution in [1.82, 2.24) is 0 Å². The third kappa shape index (κ3) is 4.07. The molecule has 2 aromatic heterocycles. The number of hydrogen-bond acceptors (Lipinski definition) is 6. The van der Waals surface area contributed by atoms with Gasteiger partial charge in [-0.25, -0.2) is 4.79 Å². The lowest BCUT2D eigenvalue weighted by molar-refractivity contribution is 0.0601. The quantitative estimate of drug-likeness (QED) is 0.599. The maximum atomic E-state index is 12.9. The molecule has 3 rings (SSSR count). The lowest BCUT2D eigenvalue weighted by Crippen LogP contribution is -2.14. The number of nitrogens with one attached hydrogen (secondary N) is 2. The molecule has 0 radical (unpaired) electrons. The Kier molecular flexibility index (Phi) is 5.84. The number of carbonyl (C=O) groups is 3. The summed E-state index contributed by atoms with van der Waals surface area (Å²) >= 11 is 1.01. The Balaban J connectivity index is 1.95. The van der Waals surface area contributed by atoms with Crippen LogP contribution in [0.1, 0.15) is 47.3 Å². The van der Waals surface area contributed by atoms with Crippen LogP contribution in [0.4, 0.5) is 10.7 Å². The molecular weight excluding hydrogens is 392 g/mol. The third-order valence-electron chi connectivity index (χ3n) is 4.57. The predicted octanol–water partition coefficient (Wildman–Crippen LogP) is 4.56. The number of aryl methyl sites for hydroxylation is 1.